The van der Waals surface area contributed by atoms with Crippen LogP contribution in [-0.4, -0.2) is 46.4 Å². The van der Waals surface area contributed by atoms with E-state index in [4.69, 9.17) is 4.74 Å². The van der Waals surface area contributed by atoms with E-state index in [0.29, 0.717) is 13.1 Å². The summed E-state index contributed by atoms with van der Waals surface area (Å²) in [4.78, 5) is 14.1. The molecule has 6 heteroatoms. The van der Waals surface area contributed by atoms with Gasteiger partial charge in [0.05, 0.1) is 11.7 Å². The Morgan fingerprint density at radius 3 is 2.86 bits per heavy atom. The van der Waals surface area contributed by atoms with Crippen molar-refractivity contribution in [1.29, 1.82) is 0 Å². The number of amides is 1. The number of hydrogen-bond acceptors (Lipinski definition) is 4. The fraction of sp³-hybridized carbons (Fsp3) is 0.750. The fourth-order valence-corrected chi connectivity index (χ4v) is 3.22. The zero-order valence-electron chi connectivity index (χ0n) is 13.7. The fourth-order valence-electron chi connectivity index (χ4n) is 3.22. The summed E-state index contributed by atoms with van der Waals surface area (Å²) in [5, 5.41) is 11.2. The van der Waals surface area contributed by atoms with Crippen LogP contribution in [0.5, 0.6) is 0 Å². The van der Waals surface area contributed by atoms with Crippen LogP contribution in [0, 0.1) is 0 Å². The number of carbonyl (C=O) groups excluding carboxylic acids is 1. The number of hydrogen-bond donors (Lipinski definition) is 2. The highest BCUT2D eigenvalue weighted by Gasteiger charge is 2.31. The number of aromatic nitrogens is 2. The van der Waals surface area contributed by atoms with Crippen LogP contribution >= 0.6 is 0 Å². The third kappa shape index (κ3) is 3.27. The molecule has 122 valence electrons. The molecule has 0 aromatic carbocycles. The van der Waals surface area contributed by atoms with Gasteiger partial charge in [-0.2, -0.15) is 5.10 Å². The van der Waals surface area contributed by atoms with Crippen molar-refractivity contribution in [1.82, 2.24) is 20.4 Å². The van der Waals surface area contributed by atoms with Gasteiger partial charge in [0.2, 0.25) is 0 Å². The molecule has 1 aliphatic heterocycles. The van der Waals surface area contributed by atoms with E-state index in [2.05, 4.69) is 15.5 Å². The van der Waals surface area contributed by atoms with Crippen molar-refractivity contribution in [3.05, 3.63) is 17.0 Å². The number of piperazine rings is 1. The molecule has 1 saturated heterocycles. The molecule has 1 fully saturated rings. The van der Waals surface area contributed by atoms with E-state index in [1.807, 2.05) is 20.8 Å². The topological polar surface area (TPSA) is 70.2 Å². The lowest BCUT2D eigenvalue weighted by molar-refractivity contribution is 0.0193. The predicted octanol–water partition coefficient (Wildman–Crippen LogP) is 2.17. The van der Waals surface area contributed by atoms with E-state index in [1.165, 1.54) is 24.1 Å². The number of aryl methyl sites for hydroxylation is 1. The minimum atomic E-state index is -0.455. The molecule has 1 aromatic heterocycles. The summed E-state index contributed by atoms with van der Waals surface area (Å²) in [6.07, 6.45) is 4.40. The van der Waals surface area contributed by atoms with Crippen LogP contribution in [0.25, 0.3) is 0 Å². The van der Waals surface area contributed by atoms with E-state index in [9.17, 15) is 4.79 Å². The number of carbonyl (C=O) groups is 1. The largest absolute Gasteiger partial charge is 0.444 e. The van der Waals surface area contributed by atoms with Crippen LogP contribution in [-0.2, 0) is 17.6 Å². The molecule has 3 rings (SSSR count). The van der Waals surface area contributed by atoms with Gasteiger partial charge in [-0.3, -0.25) is 5.10 Å². The van der Waals surface area contributed by atoms with Crippen molar-refractivity contribution in [2.24, 2.45) is 0 Å². The first-order valence-corrected chi connectivity index (χ1v) is 8.21. The first kappa shape index (κ1) is 15.3. The van der Waals surface area contributed by atoms with Crippen LogP contribution in [0.3, 0.4) is 0 Å². The normalized spacial score (nSPS) is 22.3. The molecule has 1 atom stereocenters. The van der Waals surface area contributed by atoms with E-state index in [-0.39, 0.29) is 12.1 Å². The molecule has 6 nitrogen and oxygen atoms in total. The molecule has 1 aliphatic carbocycles. The number of fused-ring (bicyclic) bond motifs is 1. The van der Waals surface area contributed by atoms with Crippen molar-refractivity contribution in [2.45, 2.75) is 58.1 Å². The standard InChI is InChI=1S/C16H26N4O2/c1-16(2,3)22-15(21)20-9-8-17-13(10-20)14-11-6-4-5-7-12(11)18-19-14/h13,17H,4-10H2,1-3H3,(H,18,19). The predicted molar refractivity (Wildman–Crippen MR) is 83.8 cm³/mol. The van der Waals surface area contributed by atoms with Gasteiger partial charge >= 0.3 is 6.09 Å². The highest BCUT2D eigenvalue weighted by atomic mass is 16.6. The van der Waals surface area contributed by atoms with Gasteiger partial charge in [0.1, 0.15) is 5.60 Å². The van der Waals surface area contributed by atoms with Crippen molar-refractivity contribution in [2.75, 3.05) is 19.6 Å². The molecule has 0 radical (unpaired) electrons. The van der Waals surface area contributed by atoms with Gasteiger partial charge in [0.25, 0.3) is 0 Å². The molecule has 0 bridgehead atoms. The Hall–Kier alpha value is -1.56. The van der Waals surface area contributed by atoms with Crippen LogP contribution in [0.4, 0.5) is 4.79 Å². The number of nitrogens with zero attached hydrogens (tertiary/aromatic N) is 2. The summed E-state index contributed by atoms with van der Waals surface area (Å²) in [5.41, 5.74) is 3.26. The molecule has 22 heavy (non-hydrogen) atoms. The summed E-state index contributed by atoms with van der Waals surface area (Å²) in [6.45, 7) is 7.76. The molecular formula is C16H26N4O2. The van der Waals surface area contributed by atoms with Gasteiger partial charge in [-0.1, -0.05) is 0 Å². The Labute approximate surface area is 131 Å². The Balaban J connectivity index is 1.71. The van der Waals surface area contributed by atoms with E-state index in [0.717, 1.165) is 25.1 Å². The Kier molecular flexibility index (Phi) is 4.12. The van der Waals surface area contributed by atoms with Crippen LogP contribution < -0.4 is 5.32 Å². The number of rotatable bonds is 1. The first-order valence-electron chi connectivity index (χ1n) is 8.21. The Bertz CT molecular complexity index is 547. The SMILES string of the molecule is CC(C)(C)OC(=O)N1CCNC(c2n[nH]c3c2CCCC3)C1. The van der Waals surface area contributed by atoms with Gasteiger partial charge < -0.3 is 15.0 Å². The minimum Gasteiger partial charge on any atom is -0.444 e. The zero-order valence-corrected chi connectivity index (χ0v) is 13.7. The van der Waals surface area contributed by atoms with Crippen LogP contribution in [0.15, 0.2) is 0 Å². The average Bonchev–Trinajstić information content (AvgIpc) is 2.89. The first-order chi connectivity index (χ1) is 10.4. The summed E-state index contributed by atoms with van der Waals surface area (Å²) in [5.74, 6) is 0. The van der Waals surface area contributed by atoms with E-state index in [1.54, 1.807) is 4.90 Å². The third-order valence-corrected chi connectivity index (χ3v) is 4.25. The minimum absolute atomic E-state index is 0.0966. The van der Waals surface area contributed by atoms with Crippen molar-refractivity contribution in [3.63, 3.8) is 0 Å². The maximum Gasteiger partial charge on any atom is 0.410 e. The molecule has 0 saturated carbocycles. The molecular weight excluding hydrogens is 280 g/mol. The summed E-state index contributed by atoms with van der Waals surface area (Å²) < 4.78 is 5.49. The highest BCUT2D eigenvalue weighted by Crippen LogP contribution is 2.27. The van der Waals surface area contributed by atoms with Gasteiger partial charge in [0.15, 0.2) is 0 Å². The smallest absolute Gasteiger partial charge is 0.410 e. The Morgan fingerprint density at radius 1 is 1.32 bits per heavy atom. The summed E-state index contributed by atoms with van der Waals surface area (Å²) in [7, 11) is 0. The van der Waals surface area contributed by atoms with E-state index >= 15 is 0 Å². The summed E-state index contributed by atoms with van der Waals surface area (Å²) >= 11 is 0. The number of aromatic amines is 1. The molecule has 2 heterocycles. The van der Waals surface area contributed by atoms with Crippen LogP contribution in [0.1, 0.15) is 56.6 Å². The van der Waals surface area contributed by atoms with E-state index < -0.39 is 5.60 Å². The second-order valence-electron chi connectivity index (χ2n) is 7.21. The Morgan fingerprint density at radius 2 is 2.09 bits per heavy atom. The quantitative estimate of drug-likeness (QED) is 0.834. The van der Waals surface area contributed by atoms with Crippen molar-refractivity contribution >= 4 is 6.09 Å². The lowest BCUT2D eigenvalue weighted by atomic mass is 9.93. The second kappa shape index (κ2) is 5.91. The third-order valence-electron chi connectivity index (χ3n) is 4.25. The van der Waals surface area contributed by atoms with Crippen molar-refractivity contribution in [3.8, 4) is 0 Å². The zero-order chi connectivity index (χ0) is 15.7. The molecule has 1 unspecified atom stereocenters. The molecule has 1 aromatic rings. The van der Waals surface area contributed by atoms with Gasteiger partial charge in [-0.05, 0) is 52.0 Å². The van der Waals surface area contributed by atoms with Crippen LogP contribution in [0.2, 0.25) is 0 Å². The maximum atomic E-state index is 12.3. The maximum absolute atomic E-state index is 12.3. The van der Waals surface area contributed by atoms with Crippen molar-refractivity contribution < 1.29 is 9.53 Å². The molecule has 2 aliphatic rings. The monoisotopic (exact) mass is 306 g/mol. The summed E-state index contributed by atoms with van der Waals surface area (Å²) in [6, 6.07) is 0.0966. The lowest BCUT2D eigenvalue weighted by Crippen LogP contribution is -2.50. The number of ether oxygens (including phenoxy) is 1. The average molecular weight is 306 g/mol. The molecule has 0 spiro atoms. The van der Waals surface area contributed by atoms with Gasteiger partial charge in [-0.25, -0.2) is 4.79 Å². The number of H-pyrrole nitrogens is 1. The highest BCUT2D eigenvalue weighted by molar-refractivity contribution is 5.68. The van der Waals surface area contributed by atoms with Gasteiger partial charge in [-0.15, -0.1) is 0 Å². The van der Waals surface area contributed by atoms with Gasteiger partial charge in [0, 0.05) is 25.3 Å². The second-order valence-corrected chi connectivity index (χ2v) is 7.21. The lowest BCUT2D eigenvalue weighted by Gasteiger charge is -2.34. The molecule has 1 amide bonds. The molecule has 2 N–H and O–H groups in total. The number of nitrogens with one attached hydrogen (secondary N) is 2.